The van der Waals surface area contributed by atoms with Crippen LogP contribution in [0.2, 0.25) is 0 Å². The molecule has 2 fully saturated rings. The molecular weight excluding hydrogens is 360 g/mol. The molecule has 2 aromatic rings. The average molecular weight is 399 g/mol. The molecule has 2 aliphatic rings. The van der Waals surface area contributed by atoms with Crippen molar-refractivity contribution in [1.29, 1.82) is 0 Å². The molecule has 0 spiro atoms. The predicted octanol–water partition coefficient (Wildman–Crippen LogP) is 4.37. The summed E-state index contributed by atoms with van der Waals surface area (Å²) in [6.45, 7) is 4.64. The number of imidazole rings is 1. The summed E-state index contributed by atoms with van der Waals surface area (Å²) in [6, 6.07) is 6.55. The fourth-order valence-corrected chi connectivity index (χ4v) is 5.34. The Morgan fingerprint density at radius 2 is 1.62 bits per heavy atom. The highest BCUT2D eigenvalue weighted by molar-refractivity contribution is 5.89. The lowest BCUT2D eigenvalue weighted by molar-refractivity contribution is 0.337. The number of piperidine rings is 1. The van der Waals surface area contributed by atoms with Gasteiger partial charge in [-0.3, -0.25) is 9.13 Å². The van der Waals surface area contributed by atoms with E-state index in [-0.39, 0.29) is 5.69 Å². The van der Waals surface area contributed by atoms with Crippen molar-refractivity contribution in [3.05, 3.63) is 28.7 Å². The lowest BCUT2D eigenvalue weighted by Gasteiger charge is -2.29. The minimum atomic E-state index is 0.182. The fourth-order valence-electron chi connectivity index (χ4n) is 5.34. The van der Waals surface area contributed by atoms with Gasteiger partial charge in [0.1, 0.15) is 0 Å². The first-order chi connectivity index (χ1) is 14.3. The monoisotopic (exact) mass is 398 g/mol. The maximum Gasteiger partial charge on any atom is 0.329 e. The number of anilines is 1. The molecule has 29 heavy (non-hydrogen) atoms. The maximum atomic E-state index is 13.5. The highest BCUT2D eigenvalue weighted by Gasteiger charge is 2.22. The summed E-state index contributed by atoms with van der Waals surface area (Å²) in [5.41, 5.74) is 3.73. The van der Waals surface area contributed by atoms with Gasteiger partial charge >= 0.3 is 5.69 Å². The van der Waals surface area contributed by atoms with Crippen molar-refractivity contribution in [3.63, 3.8) is 0 Å². The SMILES string of the molecule is CNCCn1c(=O)n(CC2CCCCCCC2)c2cccc(N3CCCCC3)c21. The van der Waals surface area contributed by atoms with E-state index in [2.05, 4.69) is 33.0 Å². The van der Waals surface area contributed by atoms with Crippen molar-refractivity contribution in [2.24, 2.45) is 5.92 Å². The largest absolute Gasteiger partial charge is 0.370 e. The van der Waals surface area contributed by atoms with Gasteiger partial charge in [0, 0.05) is 32.7 Å². The number of benzene rings is 1. The number of likely N-dealkylation sites (N-methyl/N-ethyl adjacent to an activating group) is 1. The first-order valence-corrected chi connectivity index (χ1v) is 11.9. The zero-order valence-corrected chi connectivity index (χ0v) is 18.2. The Bertz CT molecular complexity index is 838. The van der Waals surface area contributed by atoms with Crippen LogP contribution in [0.25, 0.3) is 11.0 Å². The predicted molar refractivity (Wildman–Crippen MR) is 122 cm³/mol. The van der Waals surface area contributed by atoms with Gasteiger partial charge in [0.2, 0.25) is 0 Å². The molecule has 4 rings (SSSR count). The van der Waals surface area contributed by atoms with Crippen LogP contribution in [0, 0.1) is 5.92 Å². The number of nitrogens with zero attached hydrogens (tertiary/aromatic N) is 3. The summed E-state index contributed by atoms with van der Waals surface area (Å²) in [5, 5.41) is 3.23. The Hall–Kier alpha value is -1.75. The fraction of sp³-hybridized carbons (Fsp3) is 0.708. The van der Waals surface area contributed by atoms with Gasteiger partial charge in [-0.1, -0.05) is 38.2 Å². The minimum absolute atomic E-state index is 0.182. The topological polar surface area (TPSA) is 42.2 Å². The van der Waals surface area contributed by atoms with E-state index in [1.165, 1.54) is 69.9 Å². The number of rotatable bonds is 6. The quantitative estimate of drug-likeness (QED) is 0.785. The van der Waals surface area contributed by atoms with Crippen LogP contribution < -0.4 is 15.9 Å². The van der Waals surface area contributed by atoms with Crippen LogP contribution in [0.1, 0.15) is 64.2 Å². The Kier molecular flexibility index (Phi) is 6.96. The Labute approximate surface area is 175 Å². The van der Waals surface area contributed by atoms with Crippen molar-refractivity contribution < 1.29 is 0 Å². The van der Waals surface area contributed by atoms with E-state index in [0.29, 0.717) is 5.92 Å². The number of nitrogens with one attached hydrogen (secondary N) is 1. The molecule has 0 amide bonds. The van der Waals surface area contributed by atoms with Gasteiger partial charge in [-0.05, 0) is 57.2 Å². The molecule has 5 nitrogen and oxygen atoms in total. The van der Waals surface area contributed by atoms with Crippen molar-refractivity contribution in [2.75, 3.05) is 31.6 Å². The molecule has 1 aromatic heterocycles. The Balaban J connectivity index is 1.73. The zero-order chi connectivity index (χ0) is 20.1. The highest BCUT2D eigenvalue weighted by Crippen LogP contribution is 2.30. The number of fused-ring (bicyclic) bond motifs is 1. The van der Waals surface area contributed by atoms with Crippen LogP contribution in [0.4, 0.5) is 5.69 Å². The molecule has 1 saturated heterocycles. The molecule has 0 bridgehead atoms. The zero-order valence-electron chi connectivity index (χ0n) is 18.2. The standard InChI is InChI=1S/C24H38N4O/c1-25-15-18-27-23-21(26-16-8-5-9-17-26)13-10-14-22(23)28(24(27)29)19-20-11-6-3-2-4-7-12-20/h10,13-14,20,25H,2-9,11-12,15-19H2,1H3. The van der Waals surface area contributed by atoms with Crippen LogP contribution >= 0.6 is 0 Å². The van der Waals surface area contributed by atoms with E-state index in [4.69, 9.17) is 0 Å². The van der Waals surface area contributed by atoms with Gasteiger partial charge in [-0.25, -0.2) is 4.79 Å². The molecule has 160 valence electrons. The van der Waals surface area contributed by atoms with Crippen molar-refractivity contribution in [1.82, 2.24) is 14.5 Å². The van der Waals surface area contributed by atoms with Gasteiger partial charge in [0.25, 0.3) is 0 Å². The second kappa shape index (κ2) is 9.84. The number of hydrogen-bond acceptors (Lipinski definition) is 3. The Morgan fingerprint density at radius 3 is 2.34 bits per heavy atom. The van der Waals surface area contributed by atoms with Gasteiger partial charge < -0.3 is 10.2 Å². The van der Waals surface area contributed by atoms with E-state index in [1.807, 2.05) is 11.6 Å². The molecule has 0 radical (unpaired) electrons. The molecule has 1 saturated carbocycles. The molecule has 1 N–H and O–H groups in total. The first kappa shape index (κ1) is 20.5. The minimum Gasteiger partial charge on any atom is -0.370 e. The van der Waals surface area contributed by atoms with Crippen LogP contribution in [-0.4, -0.2) is 35.8 Å². The smallest absolute Gasteiger partial charge is 0.329 e. The highest BCUT2D eigenvalue weighted by atomic mass is 16.1. The first-order valence-electron chi connectivity index (χ1n) is 11.9. The summed E-state index contributed by atoms with van der Waals surface area (Å²) >= 11 is 0. The molecule has 1 aliphatic carbocycles. The number of para-hydroxylation sites is 1. The second-order valence-corrected chi connectivity index (χ2v) is 9.05. The molecule has 0 unspecified atom stereocenters. The van der Waals surface area contributed by atoms with Crippen LogP contribution in [0.5, 0.6) is 0 Å². The summed E-state index contributed by atoms with van der Waals surface area (Å²) in [6.07, 6.45) is 13.1. The van der Waals surface area contributed by atoms with Crippen molar-refractivity contribution in [2.45, 2.75) is 77.3 Å². The summed E-state index contributed by atoms with van der Waals surface area (Å²) < 4.78 is 4.14. The maximum absolute atomic E-state index is 13.5. The number of hydrogen-bond donors (Lipinski definition) is 1. The van der Waals surface area contributed by atoms with Crippen molar-refractivity contribution >= 4 is 16.7 Å². The number of aromatic nitrogens is 2. The van der Waals surface area contributed by atoms with Crippen LogP contribution in [-0.2, 0) is 13.1 Å². The molecule has 5 heteroatoms. The molecule has 0 atom stereocenters. The summed E-state index contributed by atoms with van der Waals surface area (Å²) in [5.74, 6) is 0.634. The van der Waals surface area contributed by atoms with Crippen molar-refractivity contribution in [3.8, 4) is 0 Å². The summed E-state index contributed by atoms with van der Waals surface area (Å²) in [4.78, 5) is 16.0. The third-order valence-corrected chi connectivity index (χ3v) is 6.96. The molecular formula is C24H38N4O. The van der Waals surface area contributed by atoms with E-state index in [9.17, 15) is 4.79 Å². The Morgan fingerprint density at radius 1 is 0.931 bits per heavy atom. The second-order valence-electron chi connectivity index (χ2n) is 9.05. The molecule has 1 aliphatic heterocycles. The van der Waals surface area contributed by atoms with Crippen LogP contribution in [0.3, 0.4) is 0 Å². The molecule has 2 heterocycles. The third kappa shape index (κ3) is 4.55. The van der Waals surface area contributed by atoms with E-state index in [0.717, 1.165) is 43.8 Å². The lowest BCUT2D eigenvalue weighted by atomic mass is 9.91. The third-order valence-electron chi connectivity index (χ3n) is 6.96. The van der Waals surface area contributed by atoms with Gasteiger partial charge in [-0.2, -0.15) is 0 Å². The molecule has 1 aromatic carbocycles. The van der Waals surface area contributed by atoms with Gasteiger partial charge in [0.05, 0.1) is 16.7 Å². The van der Waals surface area contributed by atoms with E-state index in [1.54, 1.807) is 0 Å². The average Bonchev–Trinajstić information content (AvgIpc) is 3.00. The van der Waals surface area contributed by atoms with Gasteiger partial charge in [0.15, 0.2) is 0 Å². The van der Waals surface area contributed by atoms with Crippen LogP contribution in [0.15, 0.2) is 23.0 Å². The lowest BCUT2D eigenvalue weighted by Crippen LogP contribution is -2.31. The van der Waals surface area contributed by atoms with E-state index >= 15 is 0 Å². The summed E-state index contributed by atoms with van der Waals surface area (Å²) in [7, 11) is 1.96. The van der Waals surface area contributed by atoms with Gasteiger partial charge in [-0.15, -0.1) is 0 Å². The normalized spacial score (nSPS) is 19.4. The van der Waals surface area contributed by atoms with E-state index < -0.39 is 0 Å².